The van der Waals surface area contributed by atoms with Crippen LogP contribution in [-0.2, 0) is 4.79 Å². The van der Waals surface area contributed by atoms with E-state index >= 15 is 0 Å². The topological polar surface area (TPSA) is 62.3 Å². The molecule has 21 heavy (non-hydrogen) atoms. The van der Waals surface area contributed by atoms with Crippen LogP contribution in [0.15, 0.2) is 24.5 Å². The summed E-state index contributed by atoms with van der Waals surface area (Å²) in [7, 11) is 0. The minimum absolute atomic E-state index is 0.0938. The molecule has 1 saturated heterocycles. The molecule has 1 aromatic heterocycles. The van der Waals surface area contributed by atoms with Gasteiger partial charge < -0.3 is 10.2 Å². The van der Waals surface area contributed by atoms with E-state index in [4.69, 9.17) is 0 Å². The molecule has 1 fully saturated rings. The number of rotatable bonds is 2. The molecule has 1 N–H and O–H groups in total. The third-order valence-electron chi connectivity index (χ3n) is 3.68. The predicted octanol–water partition coefficient (Wildman–Crippen LogP) is 1.85. The van der Waals surface area contributed by atoms with Gasteiger partial charge in [0.15, 0.2) is 0 Å². The average molecular weight is 289 g/mol. The van der Waals surface area contributed by atoms with Crippen LogP contribution in [0.5, 0.6) is 0 Å². The molecule has 0 atom stereocenters. The highest BCUT2D eigenvalue weighted by Gasteiger charge is 2.30. The zero-order chi connectivity index (χ0) is 15.5. The van der Waals surface area contributed by atoms with Crippen LogP contribution in [0, 0.1) is 5.41 Å². The van der Waals surface area contributed by atoms with Crippen molar-refractivity contribution in [1.29, 1.82) is 0 Å². The Bertz CT molecular complexity index is 500. The molecular formula is C16H23N3O2. The normalized spacial score (nSPS) is 16.6. The first-order chi connectivity index (χ1) is 9.88. The highest BCUT2D eigenvalue weighted by Crippen LogP contribution is 2.21. The molecular weight excluding hydrogens is 266 g/mol. The van der Waals surface area contributed by atoms with Crippen LogP contribution in [0.3, 0.4) is 0 Å². The van der Waals surface area contributed by atoms with Crippen molar-refractivity contribution >= 4 is 11.8 Å². The lowest BCUT2D eigenvalue weighted by Crippen LogP contribution is -2.49. The van der Waals surface area contributed by atoms with Crippen molar-refractivity contribution in [3.05, 3.63) is 30.1 Å². The van der Waals surface area contributed by atoms with Gasteiger partial charge in [-0.15, -0.1) is 0 Å². The molecule has 0 unspecified atom stereocenters. The maximum absolute atomic E-state index is 12.2. The number of amides is 2. The Morgan fingerprint density at radius 1 is 1.29 bits per heavy atom. The van der Waals surface area contributed by atoms with Gasteiger partial charge in [0.2, 0.25) is 5.91 Å². The summed E-state index contributed by atoms with van der Waals surface area (Å²) in [6.45, 7) is 7.21. The van der Waals surface area contributed by atoms with Gasteiger partial charge in [-0.3, -0.25) is 14.6 Å². The Labute approximate surface area is 125 Å². The first-order valence-electron chi connectivity index (χ1n) is 7.38. The van der Waals surface area contributed by atoms with Gasteiger partial charge in [0, 0.05) is 36.9 Å². The van der Waals surface area contributed by atoms with Crippen molar-refractivity contribution in [2.45, 2.75) is 39.7 Å². The molecule has 0 radical (unpaired) electrons. The number of aromatic nitrogens is 1. The van der Waals surface area contributed by atoms with Gasteiger partial charge in [-0.1, -0.05) is 20.8 Å². The zero-order valence-electron chi connectivity index (χ0n) is 12.9. The second-order valence-corrected chi connectivity index (χ2v) is 6.53. The van der Waals surface area contributed by atoms with Gasteiger partial charge in [-0.25, -0.2) is 0 Å². The summed E-state index contributed by atoms with van der Waals surface area (Å²) in [6, 6.07) is 3.63. The molecule has 2 rings (SSSR count). The van der Waals surface area contributed by atoms with Crippen molar-refractivity contribution in [3.63, 3.8) is 0 Å². The SMILES string of the molecule is CC(C)(C)C(=O)N1CCC(NC(=O)c2cccnc2)CC1. The van der Waals surface area contributed by atoms with E-state index in [1.165, 1.54) is 0 Å². The molecule has 0 aromatic carbocycles. The van der Waals surface area contributed by atoms with Gasteiger partial charge in [0.05, 0.1) is 5.56 Å². The summed E-state index contributed by atoms with van der Waals surface area (Å²) in [6.07, 6.45) is 4.81. The standard InChI is InChI=1S/C16H23N3O2/c1-16(2,3)15(21)19-9-6-13(7-10-19)18-14(20)12-5-4-8-17-11-12/h4-5,8,11,13H,6-7,9-10H2,1-3H3,(H,18,20). The number of pyridine rings is 1. The van der Waals surface area contributed by atoms with E-state index in [1.54, 1.807) is 24.5 Å². The summed E-state index contributed by atoms with van der Waals surface area (Å²) < 4.78 is 0. The zero-order valence-corrected chi connectivity index (χ0v) is 12.9. The lowest BCUT2D eigenvalue weighted by molar-refractivity contribution is -0.140. The van der Waals surface area contributed by atoms with Gasteiger partial charge in [-0.05, 0) is 25.0 Å². The minimum atomic E-state index is -0.341. The van der Waals surface area contributed by atoms with Crippen LogP contribution in [-0.4, -0.2) is 40.8 Å². The van der Waals surface area contributed by atoms with Crippen LogP contribution >= 0.6 is 0 Å². The lowest BCUT2D eigenvalue weighted by Gasteiger charge is -2.36. The summed E-state index contributed by atoms with van der Waals surface area (Å²) in [5.74, 6) is 0.0863. The molecule has 1 aromatic rings. The maximum atomic E-state index is 12.2. The van der Waals surface area contributed by atoms with Crippen LogP contribution in [0.4, 0.5) is 0 Å². The Morgan fingerprint density at radius 2 is 1.95 bits per heavy atom. The first-order valence-corrected chi connectivity index (χ1v) is 7.38. The lowest BCUT2D eigenvalue weighted by atomic mass is 9.93. The fraction of sp³-hybridized carbons (Fsp3) is 0.562. The monoisotopic (exact) mass is 289 g/mol. The first kappa shape index (κ1) is 15.5. The maximum Gasteiger partial charge on any atom is 0.253 e. The molecule has 114 valence electrons. The number of nitrogens with one attached hydrogen (secondary N) is 1. The fourth-order valence-electron chi connectivity index (χ4n) is 2.47. The summed E-state index contributed by atoms with van der Waals surface area (Å²) in [5.41, 5.74) is 0.233. The van der Waals surface area contributed by atoms with Crippen molar-refractivity contribution in [3.8, 4) is 0 Å². The molecule has 0 saturated carbocycles. The van der Waals surface area contributed by atoms with Gasteiger partial charge >= 0.3 is 0 Å². The van der Waals surface area contributed by atoms with E-state index in [-0.39, 0.29) is 23.3 Å². The number of nitrogens with zero attached hydrogens (tertiary/aromatic N) is 2. The van der Waals surface area contributed by atoms with Crippen LogP contribution in [0.1, 0.15) is 44.0 Å². The fourth-order valence-corrected chi connectivity index (χ4v) is 2.47. The van der Waals surface area contributed by atoms with Gasteiger partial charge in [-0.2, -0.15) is 0 Å². The number of likely N-dealkylation sites (tertiary alicyclic amines) is 1. The highest BCUT2D eigenvalue weighted by molar-refractivity contribution is 5.94. The Balaban J connectivity index is 1.85. The van der Waals surface area contributed by atoms with Crippen LogP contribution in [0.2, 0.25) is 0 Å². The second-order valence-electron chi connectivity index (χ2n) is 6.53. The van der Waals surface area contributed by atoms with Crippen LogP contribution in [0.25, 0.3) is 0 Å². The van der Waals surface area contributed by atoms with E-state index in [1.807, 2.05) is 25.7 Å². The molecule has 1 aliphatic rings. The van der Waals surface area contributed by atoms with E-state index in [9.17, 15) is 9.59 Å². The Morgan fingerprint density at radius 3 is 2.48 bits per heavy atom. The molecule has 1 aliphatic heterocycles. The van der Waals surface area contributed by atoms with Crippen molar-refractivity contribution < 1.29 is 9.59 Å². The molecule has 2 heterocycles. The van der Waals surface area contributed by atoms with E-state index < -0.39 is 0 Å². The number of piperidine rings is 1. The smallest absolute Gasteiger partial charge is 0.253 e. The molecule has 5 nitrogen and oxygen atoms in total. The third-order valence-corrected chi connectivity index (χ3v) is 3.68. The third kappa shape index (κ3) is 4.03. The summed E-state index contributed by atoms with van der Waals surface area (Å²) >= 11 is 0. The highest BCUT2D eigenvalue weighted by atomic mass is 16.2. The van der Waals surface area contributed by atoms with Crippen LogP contribution < -0.4 is 5.32 Å². The number of carbonyl (C=O) groups excluding carboxylic acids is 2. The Hall–Kier alpha value is -1.91. The largest absolute Gasteiger partial charge is 0.349 e. The molecule has 0 spiro atoms. The predicted molar refractivity (Wildman–Crippen MR) is 80.8 cm³/mol. The molecule has 5 heteroatoms. The number of hydrogen-bond donors (Lipinski definition) is 1. The molecule has 2 amide bonds. The summed E-state index contributed by atoms with van der Waals surface area (Å²) in [4.78, 5) is 30.1. The number of hydrogen-bond acceptors (Lipinski definition) is 3. The quantitative estimate of drug-likeness (QED) is 0.903. The van der Waals surface area contributed by atoms with E-state index in [2.05, 4.69) is 10.3 Å². The van der Waals surface area contributed by atoms with Gasteiger partial charge in [0.1, 0.15) is 0 Å². The average Bonchev–Trinajstić information content (AvgIpc) is 2.47. The minimum Gasteiger partial charge on any atom is -0.349 e. The molecule has 0 aliphatic carbocycles. The number of carbonyl (C=O) groups is 2. The van der Waals surface area contributed by atoms with Crippen molar-refractivity contribution in [2.24, 2.45) is 5.41 Å². The Kier molecular flexibility index (Phi) is 4.60. The molecule has 0 bridgehead atoms. The van der Waals surface area contributed by atoms with E-state index in [0.29, 0.717) is 18.7 Å². The summed E-state index contributed by atoms with van der Waals surface area (Å²) in [5, 5.41) is 3.02. The van der Waals surface area contributed by atoms with Crippen molar-refractivity contribution in [2.75, 3.05) is 13.1 Å². The van der Waals surface area contributed by atoms with Gasteiger partial charge in [0.25, 0.3) is 5.91 Å². The van der Waals surface area contributed by atoms with Crippen molar-refractivity contribution in [1.82, 2.24) is 15.2 Å². The van der Waals surface area contributed by atoms with E-state index in [0.717, 1.165) is 12.8 Å². The second kappa shape index (κ2) is 6.24.